The SMILES string of the molecule is CCn1cc(C(=O)Nc2ccc(F)cc2)c(S(=O)(=O)N2CCN(c3ccc(Cl)cc3)CC2)n1. The topological polar surface area (TPSA) is 87.5 Å². The lowest BCUT2D eigenvalue weighted by atomic mass is 10.2. The zero-order chi connectivity index (χ0) is 23.6. The summed E-state index contributed by atoms with van der Waals surface area (Å²) in [5.41, 5.74) is 1.26. The highest BCUT2D eigenvalue weighted by molar-refractivity contribution is 7.89. The standard InChI is InChI=1S/C22H23ClFN5O3S/c1-2-28-15-20(21(30)25-18-7-5-17(24)6-8-18)22(26-28)33(31,32)29-13-11-27(12-14-29)19-9-3-16(23)4-10-19/h3-10,15H,2,11-14H2,1H3,(H,25,30). The maximum absolute atomic E-state index is 13.4. The second kappa shape index (κ2) is 9.50. The zero-order valence-corrected chi connectivity index (χ0v) is 19.5. The molecular weight excluding hydrogens is 469 g/mol. The van der Waals surface area contributed by atoms with Crippen LogP contribution in [0.4, 0.5) is 15.8 Å². The summed E-state index contributed by atoms with van der Waals surface area (Å²) in [6.45, 7) is 3.69. The zero-order valence-electron chi connectivity index (χ0n) is 17.9. The van der Waals surface area contributed by atoms with E-state index in [1.807, 2.05) is 12.1 Å². The first-order chi connectivity index (χ1) is 15.8. The van der Waals surface area contributed by atoms with Gasteiger partial charge in [0.2, 0.25) is 5.03 Å². The molecule has 174 valence electrons. The molecule has 33 heavy (non-hydrogen) atoms. The van der Waals surface area contributed by atoms with Gasteiger partial charge in [0.1, 0.15) is 5.82 Å². The Morgan fingerprint density at radius 2 is 1.70 bits per heavy atom. The van der Waals surface area contributed by atoms with Crippen molar-refractivity contribution in [2.24, 2.45) is 0 Å². The van der Waals surface area contributed by atoms with E-state index >= 15 is 0 Å². The molecule has 0 atom stereocenters. The van der Waals surface area contributed by atoms with E-state index in [-0.39, 0.29) is 23.7 Å². The highest BCUT2D eigenvalue weighted by Gasteiger charge is 2.34. The lowest BCUT2D eigenvalue weighted by Gasteiger charge is -2.35. The van der Waals surface area contributed by atoms with Crippen LogP contribution in [0, 0.1) is 5.82 Å². The third kappa shape index (κ3) is 5.02. The summed E-state index contributed by atoms with van der Waals surface area (Å²) in [7, 11) is -4.01. The molecule has 3 aromatic rings. The van der Waals surface area contributed by atoms with Gasteiger partial charge >= 0.3 is 0 Å². The molecular formula is C22H23ClFN5O3S. The number of amides is 1. The van der Waals surface area contributed by atoms with Gasteiger partial charge in [0.15, 0.2) is 0 Å². The van der Waals surface area contributed by atoms with E-state index in [0.717, 1.165) is 5.69 Å². The van der Waals surface area contributed by atoms with E-state index in [2.05, 4.69) is 15.3 Å². The normalized spacial score (nSPS) is 14.9. The largest absolute Gasteiger partial charge is 0.369 e. The van der Waals surface area contributed by atoms with Crippen molar-refractivity contribution < 1.29 is 17.6 Å². The van der Waals surface area contributed by atoms with Gasteiger partial charge in [0.05, 0.1) is 5.56 Å². The molecule has 1 saturated heterocycles. The lowest BCUT2D eigenvalue weighted by molar-refractivity contribution is 0.102. The number of nitrogens with zero attached hydrogens (tertiary/aromatic N) is 4. The van der Waals surface area contributed by atoms with Crippen molar-refractivity contribution in [1.29, 1.82) is 0 Å². The third-order valence-electron chi connectivity index (χ3n) is 5.41. The molecule has 4 rings (SSSR count). The Kier molecular flexibility index (Phi) is 6.68. The number of sulfonamides is 1. The first-order valence-corrected chi connectivity index (χ1v) is 12.2. The minimum absolute atomic E-state index is 0.0543. The molecule has 1 aliphatic rings. The highest BCUT2D eigenvalue weighted by Crippen LogP contribution is 2.24. The number of aryl methyl sites for hydroxylation is 1. The summed E-state index contributed by atoms with van der Waals surface area (Å²) in [6.07, 6.45) is 1.41. The van der Waals surface area contributed by atoms with Gasteiger partial charge in [-0.15, -0.1) is 0 Å². The van der Waals surface area contributed by atoms with E-state index in [4.69, 9.17) is 11.6 Å². The highest BCUT2D eigenvalue weighted by atomic mass is 35.5. The van der Waals surface area contributed by atoms with Gasteiger partial charge in [-0.05, 0) is 55.5 Å². The van der Waals surface area contributed by atoms with Crippen LogP contribution in [0.2, 0.25) is 5.02 Å². The Morgan fingerprint density at radius 3 is 2.30 bits per heavy atom. The molecule has 1 aliphatic heterocycles. The van der Waals surface area contributed by atoms with Crippen LogP contribution in [0.3, 0.4) is 0 Å². The number of hydrogen-bond donors (Lipinski definition) is 1. The molecule has 0 aliphatic carbocycles. The van der Waals surface area contributed by atoms with Crippen LogP contribution in [0.5, 0.6) is 0 Å². The summed E-state index contributed by atoms with van der Waals surface area (Å²) in [5.74, 6) is -1.06. The van der Waals surface area contributed by atoms with Gasteiger partial charge in [-0.3, -0.25) is 9.48 Å². The molecule has 0 radical (unpaired) electrons. The molecule has 1 amide bonds. The van der Waals surface area contributed by atoms with Crippen LogP contribution in [-0.2, 0) is 16.6 Å². The molecule has 0 unspecified atom stereocenters. The van der Waals surface area contributed by atoms with Crippen LogP contribution in [-0.4, -0.2) is 54.6 Å². The summed E-state index contributed by atoms with van der Waals surface area (Å²) >= 11 is 5.95. The average Bonchev–Trinajstić information content (AvgIpc) is 3.27. The van der Waals surface area contributed by atoms with Gasteiger partial charge in [0, 0.05) is 55.3 Å². The van der Waals surface area contributed by atoms with E-state index < -0.39 is 21.7 Å². The molecule has 0 bridgehead atoms. The lowest BCUT2D eigenvalue weighted by Crippen LogP contribution is -2.49. The van der Waals surface area contributed by atoms with Crippen LogP contribution in [0.1, 0.15) is 17.3 Å². The first-order valence-electron chi connectivity index (χ1n) is 10.4. The number of hydrogen-bond acceptors (Lipinski definition) is 5. The quantitative estimate of drug-likeness (QED) is 0.570. The van der Waals surface area contributed by atoms with Gasteiger partial charge in [0.25, 0.3) is 15.9 Å². The second-order valence-corrected chi connectivity index (χ2v) is 9.82. The number of halogens is 2. The Hall–Kier alpha value is -2.95. The molecule has 0 saturated carbocycles. The maximum atomic E-state index is 13.4. The minimum atomic E-state index is -4.01. The van der Waals surface area contributed by atoms with E-state index in [0.29, 0.717) is 30.3 Å². The fourth-order valence-electron chi connectivity index (χ4n) is 3.60. The Bertz CT molecular complexity index is 1240. The number of rotatable bonds is 6. The van der Waals surface area contributed by atoms with Crippen molar-refractivity contribution in [3.63, 3.8) is 0 Å². The smallest absolute Gasteiger partial charge is 0.263 e. The fraction of sp³-hybridized carbons (Fsp3) is 0.273. The summed E-state index contributed by atoms with van der Waals surface area (Å²) in [4.78, 5) is 15.0. The molecule has 0 spiro atoms. The summed E-state index contributed by atoms with van der Waals surface area (Å²) < 4.78 is 42.7. The van der Waals surface area contributed by atoms with Crippen LogP contribution in [0.15, 0.2) is 59.8 Å². The summed E-state index contributed by atoms with van der Waals surface area (Å²) in [5, 5.41) is 7.14. The third-order valence-corrected chi connectivity index (χ3v) is 7.50. The predicted molar refractivity (Wildman–Crippen MR) is 125 cm³/mol. The van der Waals surface area contributed by atoms with E-state index in [9.17, 15) is 17.6 Å². The van der Waals surface area contributed by atoms with Crippen molar-refractivity contribution >= 4 is 38.9 Å². The molecule has 1 N–H and O–H groups in total. The Balaban J connectivity index is 1.54. The molecule has 1 aromatic heterocycles. The molecule has 2 aromatic carbocycles. The number of carbonyl (C=O) groups excluding carboxylic acids is 1. The Labute approximate surface area is 196 Å². The molecule has 2 heterocycles. The molecule has 11 heteroatoms. The minimum Gasteiger partial charge on any atom is -0.369 e. The van der Waals surface area contributed by atoms with Crippen molar-refractivity contribution in [2.75, 3.05) is 36.4 Å². The van der Waals surface area contributed by atoms with Crippen molar-refractivity contribution in [1.82, 2.24) is 14.1 Å². The predicted octanol–water partition coefficient (Wildman–Crippen LogP) is 3.46. The number of piperazine rings is 1. The number of nitrogens with one attached hydrogen (secondary N) is 1. The summed E-state index contributed by atoms with van der Waals surface area (Å²) in [6, 6.07) is 12.6. The van der Waals surface area contributed by atoms with Gasteiger partial charge < -0.3 is 10.2 Å². The number of carbonyl (C=O) groups is 1. The van der Waals surface area contributed by atoms with Gasteiger partial charge in [-0.25, -0.2) is 12.8 Å². The second-order valence-electron chi connectivity index (χ2n) is 7.53. The van der Waals surface area contributed by atoms with Crippen molar-refractivity contribution in [3.05, 3.63) is 71.1 Å². The van der Waals surface area contributed by atoms with Crippen LogP contribution < -0.4 is 10.2 Å². The Morgan fingerprint density at radius 1 is 1.06 bits per heavy atom. The monoisotopic (exact) mass is 491 g/mol. The van der Waals surface area contributed by atoms with Gasteiger partial charge in [-0.1, -0.05) is 11.6 Å². The van der Waals surface area contributed by atoms with Crippen LogP contribution in [0.25, 0.3) is 0 Å². The first kappa shape index (κ1) is 23.2. The molecule has 1 fully saturated rings. The molecule has 8 nitrogen and oxygen atoms in total. The van der Waals surface area contributed by atoms with Crippen LogP contribution >= 0.6 is 11.6 Å². The van der Waals surface area contributed by atoms with E-state index in [1.165, 1.54) is 39.4 Å². The number of anilines is 2. The van der Waals surface area contributed by atoms with E-state index in [1.54, 1.807) is 19.1 Å². The van der Waals surface area contributed by atoms with Crippen molar-refractivity contribution in [2.45, 2.75) is 18.5 Å². The maximum Gasteiger partial charge on any atom is 0.263 e. The average molecular weight is 492 g/mol. The number of benzene rings is 2. The van der Waals surface area contributed by atoms with Crippen molar-refractivity contribution in [3.8, 4) is 0 Å². The number of aromatic nitrogens is 2. The fourth-order valence-corrected chi connectivity index (χ4v) is 5.25. The van der Waals surface area contributed by atoms with Gasteiger partial charge in [-0.2, -0.15) is 9.40 Å².